The fraction of sp³-hybridized carbons (Fsp3) is 0.0500. The van der Waals surface area contributed by atoms with Gasteiger partial charge < -0.3 is 5.11 Å². The topological polar surface area (TPSA) is 74.0 Å². The Balaban J connectivity index is 2.28. The van der Waals surface area contributed by atoms with E-state index in [9.17, 15) is 9.90 Å². The minimum absolute atomic E-state index is 0.157. The number of aryl methyl sites for hydroxylation is 1. The third-order valence-corrected chi connectivity index (χ3v) is 3.79. The smallest absolute Gasteiger partial charge is 0.338 e. The zero-order chi connectivity index (χ0) is 17.1. The molecule has 0 atom stereocenters. The van der Waals surface area contributed by atoms with E-state index in [1.807, 2.05) is 30.3 Å². The maximum absolute atomic E-state index is 11.7. The fourth-order valence-corrected chi connectivity index (χ4v) is 2.68. The second-order valence-electron chi connectivity index (χ2n) is 5.38. The van der Waals surface area contributed by atoms with E-state index in [1.165, 1.54) is 0 Å². The molecule has 4 heteroatoms. The third kappa shape index (κ3) is 2.88. The molecule has 1 N–H and O–H groups in total. The molecule has 0 fully saturated rings. The first-order chi connectivity index (χ1) is 11.6. The average molecular weight is 314 g/mol. The second-order valence-corrected chi connectivity index (χ2v) is 5.38. The highest BCUT2D eigenvalue weighted by Gasteiger charge is 2.18. The number of aromatic nitrogens is 1. The van der Waals surface area contributed by atoms with Gasteiger partial charge in [-0.1, -0.05) is 42.5 Å². The van der Waals surface area contributed by atoms with Crippen LogP contribution in [0, 0.1) is 18.3 Å². The standard InChI is InChI=1S/C20H14N2O2/c1-13-19(20(23)24)17(16-9-5-6-14(10-16)12-21)11-18(22-13)15-7-3-2-4-8-15/h2-11H,1H3,(H,23,24). The van der Waals surface area contributed by atoms with Crippen LogP contribution in [0.2, 0.25) is 0 Å². The first-order valence-electron chi connectivity index (χ1n) is 7.41. The zero-order valence-corrected chi connectivity index (χ0v) is 13.0. The molecule has 3 aromatic rings. The molecule has 1 heterocycles. The van der Waals surface area contributed by atoms with Crippen LogP contribution in [-0.4, -0.2) is 16.1 Å². The molecule has 0 bridgehead atoms. The van der Waals surface area contributed by atoms with E-state index in [1.54, 1.807) is 37.3 Å². The molecule has 0 radical (unpaired) electrons. The highest BCUT2D eigenvalue weighted by molar-refractivity contribution is 5.98. The van der Waals surface area contributed by atoms with Gasteiger partial charge >= 0.3 is 5.97 Å². The number of benzene rings is 2. The molecule has 3 rings (SSSR count). The monoisotopic (exact) mass is 314 g/mol. The number of carboxylic acid groups (broad SMARTS) is 1. The van der Waals surface area contributed by atoms with Crippen LogP contribution in [0.1, 0.15) is 21.6 Å². The zero-order valence-electron chi connectivity index (χ0n) is 13.0. The van der Waals surface area contributed by atoms with Crippen molar-refractivity contribution in [1.29, 1.82) is 5.26 Å². The van der Waals surface area contributed by atoms with Crippen LogP contribution in [0.3, 0.4) is 0 Å². The Morgan fingerprint density at radius 1 is 1.04 bits per heavy atom. The van der Waals surface area contributed by atoms with E-state index in [0.29, 0.717) is 28.1 Å². The van der Waals surface area contributed by atoms with E-state index < -0.39 is 5.97 Å². The van der Waals surface area contributed by atoms with Gasteiger partial charge in [-0.25, -0.2) is 4.79 Å². The first-order valence-corrected chi connectivity index (χ1v) is 7.41. The first kappa shape index (κ1) is 15.4. The van der Waals surface area contributed by atoms with Crippen LogP contribution < -0.4 is 0 Å². The molecular formula is C20H14N2O2. The number of carboxylic acids is 1. The van der Waals surface area contributed by atoms with Gasteiger partial charge in [-0.15, -0.1) is 0 Å². The molecule has 0 saturated heterocycles. The van der Waals surface area contributed by atoms with Gasteiger partial charge in [0.25, 0.3) is 0 Å². The van der Waals surface area contributed by atoms with Crippen molar-refractivity contribution in [3.8, 4) is 28.5 Å². The number of rotatable bonds is 3. The number of hydrogen-bond acceptors (Lipinski definition) is 3. The fourth-order valence-electron chi connectivity index (χ4n) is 2.68. The number of hydrogen-bond donors (Lipinski definition) is 1. The lowest BCUT2D eigenvalue weighted by Gasteiger charge is -2.12. The summed E-state index contributed by atoms with van der Waals surface area (Å²) in [6.07, 6.45) is 0. The molecule has 0 amide bonds. The molecule has 0 aliphatic heterocycles. The Morgan fingerprint density at radius 2 is 1.75 bits per heavy atom. The summed E-state index contributed by atoms with van der Waals surface area (Å²) < 4.78 is 0. The van der Waals surface area contributed by atoms with Crippen molar-refractivity contribution in [2.75, 3.05) is 0 Å². The Kier molecular flexibility index (Phi) is 4.09. The highest BCUT2D eigenvalue weighted by Crippen LogP contribution is 2.30. The summed E-state index contributed by atoms with van der Waals surface area (Å²) in [6.45, 7) is 1.69. The van der Waals surface area contributed by atoms with Crippen molar-refractivity contribution >= 4 is 5.97 Å². The van der Waals surface area contributed by atoms with Gasteiger partial charge in [0.1, 0.15) is 0 Å². The quantitative estimate of drug-likeness (QED) is 0.782. The number of pyridine rings is 1. The van der Waals surface area contributed by atoms with Crippen LogP contribution in [-0.2, 0) is 0 Å². The van der Waals surface area contributed by atoms with E-state index in [2.05, 4.69) is 11.1 Å². The Labute approximate surface area is 139 Å². The number of nitrogens with zero attached hydrogens (tertiary/aromatic N) is 2. The lowest BCUT2D eigenvalue weighted by molar-refractivity contribution is 0.0696. The highest BCUT2D eigenvalue weighted by atomic mass is 16.4. The average Bonchev–Trinajstić information content (AvgIpc) is 2.61. The molecule has 0 saturated carbocycles. The summed E-state index contributed by atoms with van der Waals surface area (Å²) in [4.78, 5) is 16.2. The molecule has 116 valence electrons. The van der Waals surface area contributed by atoms with Crippen LogP contribution in [0.5, 0.6) is 0 Å². The molecule has 0 unspecified atom stereocenters. The summed E-state index contributed by atoms with van der Waals surface area (Å²) in [5.41, 5.74) is 3.95. The normalized spacial score (nSPS) is 10.2. The van der Waals surface area contributed by atoms with Gasteiger partial charge in [-0.2, -0.15) is 5.26 Å². The third-order valence-electron chi connectivity index (χ3n) is 3.79. The Morgan fingerprint density at radius 3 is 2.42 bits per heavy atom. The molecule has 4 nitrogen and oxygen atoms in total. The lowest BCUT2D eigenvalue weighted by atomic mass is 9.95. The van der Waals surface area contributed by atoms with Gasteiger partial charge in [0.2, 0.25) is 0 Å². The van der Waals surface area contributed by atoms with Crippen molar-refractivity contribution in [3.05, 3.63) is 77.5 Å². The summed E-state index contributed by atoms with van der Waals surface area (Å²) in [6, 6.07) is 20.4. The number of carbonyl (C=O) groups is 1. The van der Waals surface area contributed by atoms with Crippen LogP contribution in [0.15, 0.2) is 60.7 Å². The van der Waals surface area contributed by atoms with Gasteiger partial charge in [0.15, 0.2) is 0 Å². The SMILES string of the molecule is Cc1nc(-c2ccccc2)cc(-c2cccc(C#N)c2)c1C(=O)O. The van der Waals surface area contributed by atoms with Gasteiger partial charge in [0.05, 0.1) is 28.6 Å². The second kappa shape index (κ2) is 6.35. The predicted octanol–water partition coefficient (Wildman–Crippen LogP) is 4.29. The predicted molar refractivity (Wildman–Crippen MR) is 91.5 cm³/mol. The molecule has 0 aliphatic rings. The Bertz CT molecular complexity index is 957. The molecule has 0 aliphatic carbocycles. The van der Waals surface area contributed by atoms with Gasteiger partial charge in [-0.3, -0.25) is 4.98 Å². The number of aromatic carboxylic acids is 1. The molecule has 2 aromatic carbocycles. The van der Waals surface area contributed by atoms with Crippen molar-refractivity contribution in [3.63, 3.8) is 0 Å². The van der Waals surface area contributed by atoms with Crippen molar-refractivity contribution in [2.24, 2.45) is 0 Å². The lowest BCUT2D eigenvalue weighted by Crippen LogP contribution is -2.06. The summed E-state index contributed by atoms with van der Waals surface area (Å²) in [7, 11) is 0. The van der Waals surface area contributed by atoms with Gasteiger partial charge in [-0.05, 0) is 30.7 Å². The summed E-state index contributed by atoms with van der Waals surface area (Å²) >= 11 is 0. The minimum Gasteiger partial charge on any atom is -0.478 e. The van der Waals surface area contributed by atoms with Crippen LogP contribution in [0.25, 0.3) is 22.4 Å². The largest absolute Gasteiger partial charge is 0.478 e. The van der Waals surface area contributed by atoms with Crippen molar-refractivity contribution in [2.45, 2.75) is 6.92 Å². The maximum Gasteiger partial charge on any atom is 0.338 e. The van der Waals surface area contributed by atoms with E-state index >= 15 is 0 Å². The van der Waals surface area contributed by atoms with E-state index in [-0.39, 0.29) is 5.56 Å². The Hall–Kier alpha value is -3.45. The summed E-state index contributed by atoms with van der Waals surface area (Å²) in [5.74, 6) is -1.03. The van der Waals surface area contributed by atoms with Crippen molar-refractivity contribution < 1.29 is 9.90 Å². The number of nitriles is 1. The maximum atomic E-state index is 11.7. The molecular weight excluding hydrogens is 300 g/mol. The molecule has 0 spiro atoms. The minimum atomic E-state index is -1.03. The van der Waals surface area contributed by atoms with Crippen molar-refractivity contribution in [1.82, 2.24) is 4.98 Å². The van der Waals surface area contributed by atoms with Crippen LogP contribution in [0.4, 0.5) is 0 Å². The summed E-state index contributed by atoms with van der Waals surface area (Å²) in [5, 5.41) is 18.7. The molecule has 24 heavy (non-hydrogen) atoms. The van der Waals surface area contributed by atoms with E-state index in [4.69, 9.17) is 5.26 Å². The van der Waals surface area contributed by atoms with E-state index in [0.717, 1.165) is 5.56 Å². The molecule has 1 aromatic heterocycles. The van der Waals surface area contributed by atoms with Crippen LogP contribution >= 0.6 is 0 Å². The van der Waals surface area contributed by atoms with Gasteiger partial charge in [0, 0.05) is 11.1 Å².